The van der Waals surface area contributed by atoms with Gasteiger partial charge in [-0.1, -0.05) is 26.7 Å². The molecule has 4 amide bonds. The summed E-state index contributed by atoms with van der Waals surface area (Å²) >= 11 is 1.71. The van der Waals surface area contributed by atoms with Gasteiger partial charge in [0.1, 0.15) is 18.1 Å². The summed E-state index contributed by atoms with van der Waals surface area (Å²) in [5.74, 6) is -5.63. The number of nitrogens with two attached hydrogens (primary N) is 1. The molecule has 0 spiro atoms. The number of carboxylic acid groups (broad SMARTS) is 2. The first-order valence-corrected chi connectivity index (χ1v) is 14.3. The lowest BCUT2D eigenvalue weighted by molar-refractivity contribution is -0.149. The first-order chi connectivity index (χ1) is 17.9. The molecule has 0 bridgehead atoms. The Morgan fingerprint density at radius 3 is 1.95 bits per heavy atom. The number of thioether (sulfide) groups is 1. The predicted octanol–water partition coefficient (Wildman–Crippen LogP) is 0.481. The second-order valence-electron chi connectivity index (χ2n) is 10.5. The van der Waals surface area contributed by atoms with E-state index in [-0.39, 0.29) is 18.3 Å². The monoisotopic (exact) mass is 556 g/mol. The van der Waals surface area contributed by atoms with Crippen molar-refractivity contribution in [2.75, 3.05) is 11.5 Å². The van der Waals surface area contributed by atoms with Crippen LogP contribution in [-0.2, 0) is 28.8 Å². The molecule has 2 aliphatic rings. The van der Waals surface area contributed by atoms with Crippen LogP contribution in [0.15, 0.2) is 0 Å². The fraction of sp³-hybridized carbons (Fsp3) is 0.760. The Morgan fingerprint density at radius 2 is 1.42 bits per heavy atom. The lowest BCUT2D eigenvalue weighted by Crippen LogP contribution is -2.59. The van der Waals surface area contributed by atoms with E-state index in [9.17, 15) is 39.0 Å². The van der Waals surface area contributed by atoms with E-state index in [1.165, 1.54) is 0 Å². The Morgan fingerprint density at radius 1 is 0.842 bits per heavy atom. The molecule has 1 heterocycles. The largest absolute Gasteiger partial charge is 0.481 e. The molecule has 13 heteroatoms. The molecule has 1 saturated heterocycles. The van der Waals surface area contributed by atoms with Gasteiger partial charge in [-0.15, -0.1) is 0 Å². The van der Waals surface area contributed by atoms with Crippen molar-refractivity contribution in [1.29, 1.82) is 0 Å². The molecule has 0 aromatic carbocycles. The number of rotatable bonds is 13. The maximum absolute atomic E-state index is 13.5. The standard InChI is InChI=1S/C25H40N4O8S/c1-13(2)11-17(21(26)32)27-23(34)18(12-19(30)31)28-24(35)20(14-7-9-38-10-8-14)29-22(33)15-5-3-4-6-16(15)25(36)37/h13-18,20H,3-12H2,1-2H3,(H2,26,32)(H,27,34)(H,28,35)(H,29,33)(H,30,31)(H,36,37)/t15-,16-,17+,18+,20+/m1/s1. The van der Waals surface area contributed by atoms with E-state index in [1.807, 2.05) is 13.8 Å². The Labute approximate surface area is 226 Å². The van der Waals surface area contributed by atoms with Crippen molar-refractivity contribution in [2.45, 2.75) is 83.3 Å². The molecule has 1 aliphatic heterocycles. The molecular formula is C25H40N4O8S. The fourth-order valence-corrected chi connectivity index (χ4v) is 6.23. The van der Waals surface area contributed by atoms with Crippen molar-refractivity contribution in [2.24, 2.45) is 29.4 Å². The van der Waals surface area contributed by atoms with Gasteiger partial charge in [-0.2, -0.15) is 11.8 Å². The summed E-state index contributed by atoms with van der Waals surface area (Å²) in [5.41, 5.74) is 5.39. The van der Waals surface area contributed by atoms with Gasteiger partial charge < -0.3 is 31.9 Å². The summed E-state index contributed by atoms with van der Waals surface area (Å²) in [6, 6.07) is -3.61. The Hall–Kier alpha value is -2.83. The van der Waals surface area contributed by atoms with E-state index in [2.05, 4.69) is 16.0 Å². The lowest BCUT2D eigenvalue weighted by atomic mass is 9.78. The number of carbonyl (C=O) groups excluding carboxylic acids is 4. The van der Waals surface area contributed by atoms with Crippen LogP contribution in [0, 0.1) is 23.7 Å². The summed E-state index contributed by atoms with van der Waals surface area (Å²) in [5, 5.41) is 26.6. The van der Waals surface area contributed by atoms with Crippen LogP contribution in [0.5, 0.6) is 0 Å². The van der Waals surface area contributed by atoms with Gasteiger partial charge in [-0.3, -0.25) is 28.8 Å². The fourth-order valence-electron chi connectivity index (χ4n) is 5.08. The maximum Gasteiger partial charge on any atom is 0.307 e. The molecule has 214 valence electrons. The minimum absolute atomic E-state index is 0.0125. The number of carbonyl (C=O) groups is 6. The second-order valence-corrected chi connectivity index (χ2v) is 11.7. The number of amides is 4. The number of carboxylic acids is 2. The third-order valence-electron chi connectivity index (χ3n) is 7.12. The van der Waals surface area contributed by atoms with E-state index in [4.69, 9.17) is 5.73 Å². The lowest BCUT2D eigenvalue weighted by Gasteiger charge is -2.34. The van der Waals surface area contributed by atoms with Crippen molar-refractivity contribution in [3.05, 3.63) is 0 Å². The smallest absolute Gasteiger partial charge is 0.307 e. The molecule has 0 unspecified atom stereocenters. The van der Waals surface area contributed by atoms with Gasteiger partial charge in [0, 0.05) is 0 Å². The van der Waals surface area contributed by atoms with E-state index < -0.39 is 71.9 Å². The van der Waals surface area contributed by atoms with Gasteiger partial charge in [0.05, 0.1) is 18.3 Å². The number of nitrogens with one attached hydrogen (secondary N) is 3. The van der Waals surface area contributed by atoms with Crippen LogP contribution < -0.4 is 21.7 Å². The van der Waals surface area contributed by atoms with Crippen molar-refractivity contribution in [3.63, 3.8) is 0 Å². The highest BCUT2D eigenvalue weighted by molar-refractivity contribution is 7.99. The molecule has 5 atom stereocenters. The Balaban J connectivity index is 2.23. The number of hydrogen-bond donors (Lipinski definition) is 6. The Bertz CT molecular complexity index is 893. The van der Waals surface area contributed by atoms with Crippen LogP contribution in [0.25, 0.3) is 0 Å². The zero-order valence-corrected chi connectivity index (χ0v) is 22.8. The molecular weight excluding hydrogens is 516 g/mol. The average Bonchev–Trinajstić information content (AvgIpc) is 2.86. The first-order valence-electron chi connectivity index (χ1n) is 13.1. The van der Waals surface area contributed by atoms with Crippen LogP contribution in [0.4, 0.5) is 0 Å². The highest BCUT2D eigenvalue weighted by Gasteiger charge is 2.40. The van der Waals surface area contributed by atoms with E-state index in [0.717, 1.165) is 11.5 Å². The highest BCUT2D eigenvalue weighted by Crippen LogP contribution is 2.32. The molecule has 1 saturated carbocycles. The molecule has 0 radical (unpaired) electrons. The number of hydrogen-bond acceptors (Lipinski definition) is 7. The second kappa shape index (κ2) is 14.9. The molecule has 38 heavy (non-hydrogen) atoms. The van der Waals surface area contributed by atoms with E-state index >= 15 is 0 Å². The molecule has 0 aromatic rings. The van der Waals surface area contributed by atoms with E-state index in [0.29, 0.717) is 38.5 Å². The Kier molecular flexibility index (Phi) is 12.3. The van der Waals surface area contributed by atoms with Gasteiger partial charge in [-0.25, -0.2) is 0 Å². The summed E-state index contributed by atoms with van der Waals surface area (Å²) in [6.45, 7) is 3.66. The normalized spacial score (nSPS) is 22.5. The van der Waals surface area contributed by atoms with Gasteiger partial charge in [0.2, 0.25) is 23.6 Å². The van der Waals surface area contributed by atoms with Crippen LogP contribution in [0.2, 0.25) is 0 Å². The SMILES string of the molecule is CC(C)C[C@H](NC(=O)[C@H](CC(=O)O)NC(=O)[C@@H](NC(=O)[C@@H]1CCCC[C@H]1C(=O)O)C1CCSCC1)C(N)=O. The minimum atomic E-state index is -1.51. The summed E-state index contributed by atoms with van der Waals surface area (Å²) in [4.78, 5) is 74.6. The predicted molar refractivity (Wildman–Crippen MR) is 140 cm³/mol. The zero-order chi connectivity index (χ0) is 28.4. The third-order valence-corrected chi connectivity index (χ3v) is 8.17. The maximum atomic E-state index is 13.5. The summed E-state index contributed by atoms with van der Waals surface area (Å²) in [6.07, 6.45) is 2.91. The van der Waals surface area contributed by atoms with Gasteiger partial charge in [0.25, 0.3) is 0 Å². The topological polar surface area (TPSA) is 205 Å². The van der Waals surface area contributed by atoms with Crippen LogP contribution in [-0.4, -0.2) is 75.4 Å². The first kappa shape index (κ1) is 31.4. The third kappa shape index (κ3) is 9.48. The van der Waals surface area contributed by atoms with E-state index in [1.54, 1.807) is 11.8 Å². The van der Waals surface area contributed by atoms with Crippen LogP contribution in [0.1, 0.15) is 65.2 Å². The molecule has 2 fully saturated rings. The van der Waals surface area contributed by atoms with Crippen molar-refractivity contribution in [1.82, 2.24) is 16.0 Å². The molecule has 7 N–H and O–H groups in total. The quantitative estimate of drug-likeness (QED) is 0.186. The molecule has 1 aliphatic carbocycles. The number of aliphatic carboxylic acids is 2. The van der Waals surface area contributed by atoms with Gasteiger partial charge in [0.15, 0.2) is 0 Å². The minimum Gasteiger partial charge on any atom is -0.481 e. The summed E-state index contributed by atoms with van der Waals surface area (Å²) < 4.78 is 0. The highest BCUT2D eigenvalue weighted by atomic mass is 32.2. The molecule has 0 aromatic heterocycles. The molecule has 12 nitrogen and oxygen atoms in total. The summed E-state index contributed by atoms with van der Waals surface area (Å²) in [7, 11) is 0. The number of primary amides is 1. The molecule has 2 rings (SSSR count). The van der Waals surface area contributed by atoms with Gasteiger partial charge >= 0.3 is 11.9 Å². The van der Waals surface area contributed by atoms with Crippen molar-refractivity contribution in [3.8, 4) is 0 Å². The average molecular weight is 557 g/mol. The van der Waals surface area contributed by atoms with Crippen molar-refractivity contribution >= 4 is 47.3 Å². The zero-order valence-electron chi connectivity index (χ0n) is 21.9. The van der Waals surface area contributed by atoms with Crippen LogP contribution in [0.3, 0.4) is 0 Å². The van der Waals surface area contributed by atoms with Gasteiger partial charge in [-0.05, 0) is 55.4 Å². The van der Waals surface area contributed by atoms with Crippen molar-refractivity contribution < 1.29 is 39.0 Å². The van der Waals surface area contributed by atoms with Crippen LogP contribution >= 0.6 is 11.8 Å².